The molecule has 2 rings (SSSR count). The first kappa shape index (κ1) is 27.7. The average Bonchev–Trinajstić information content (AvgIpc) is 2.66. The summed E-state index contributed by atoms with van der Waals surface area (Å²) in [5.41, 5.74) is -0.203. The van der Waals surface area contributed by atoms with Gasteiger partial charge in [-0.25, -0.2) is 0 Å². The van der Waals surface area contributed by atoms with Crippen LogP contribution in [0.3, 0.4) is 0 Å². The van der Waals surface area contributed by atoms with Crippen LogP contribution in [0.15, 0.2) is 24.3 Å². The molecular weight excluding hydrogens is 464 g/mol. The highest BCUT2D eigenvalue weighted by Crippen LogP contribution is 2.41. The minimum absolute atomic E-state index is 0.0624. The maximum atomic E-state index is 13.1. The lowest BCUT2D eigenvalue weighted by atomic mass is 9.83. The van der Waals surface area contributed by atoms with Crippen molar-refractivity contribution in [1.29, 1.82) is 0 Å². The molecule has 1 aliphatic heterocycles. The fourth-order valence-corrected chi connectivity index (χ4v) is 5.75. The smallest absolute Gasteiger partial charge is 0.416 e. The van der Waals surface area contributed by atoms with Crippen molar-refractivity contribution in [2.75, 3.05) is 6.54 Å². The lowest BCUT2D eigenvalue weighted by Gasteiger charge is -2.45. The first-order valence-corrected chi connectivity index (χ1v) is 15.0. The lowest BCUT2D eigenvalue weighted by Crippen LogP contribution is -2.45. The topological polar surface area (TPSA) is 40.5 Å². The van der Waals surface area contributed by atoms with Gasteiger partial charge in [-0.15, -0.1) is 0 Å². The first-order valence-electron chi connectivity index (χ1n) is 11.3. The van der Waals surface area contributed by atoms with Crippen LogP contribution in [-0.2, 0) is 11.0 Å². The number of likely N-dealkylation sites (tertiary alicyclic amines) is 1. The van der Waals surface area contributed by atoms with Crippen molar-refractivity contribution in [3.8, 4) is 0 Å². The molecule has 188 valence electrons. The molecule has 3 atom stereocenters. The Labute approximate surface area is 192 Å². The van der Waals surface area contributed by atoms with Gasteiger partial charge in [0.05, 0.1) is 5.56 Å². The van der Waals surface area contributed by atoms with E-state index in [1.807, 2.05) is 4.90 Å². The summed E-state index contributed by atoms with van der Waals surface area (Å²) >= 11 is 0. The SMILES string of the molecule is C[Si](C)(C)CC[C@H](CCC(F)(F)F)N1CC[C@@H](CC(=O)O)C[C@H]1c1ccc(C(F)(F)F)cc1. The molecule has 33 heavy (non-hydrogen) atoms. The summed E-state index contributed by atoms with van der Waals surface area (Å²) in [5, 5.41) is 9.21. The molecule has 1 aromatic rings. The molecule has 0 radical (unpaired) electrons. The molecule has 1 aromatic carbocycles. The number of alkyl halides is 6. The van der Waals surface area contributed by atoms with Gasteiger partial charge in [0.2, 0.25) is 0 Å². The quantitative estimate of drug-likeness (QED) is 0.286. The van der Waals surface area contributed by atoms with Crippen molar-refractivity contribution in [2.45, 2.75) is 88.6 Å². The predicted octanol–water partition coefficient (Wildman–Crippen LogP) is 7.37. The van der Waals surface area contributed by atoms with E-state index in [2.05, 4.69) is 19.6 Å². The molecule has 0 saturated carbocycles. The number of nitrogens with zero attached hydrogens (tertiary/aromatic N) is 1. The second-order valence-electron chi connectivity index (χ2n) is 10.3. The van der Waals surface area contributed by atoms with Crippen LogP contribution >= 0.6 is 0 Å². The maximum absolute atomic E-state index is 13.1. The normalized spacial score (nSPS) is 21.7. The Morgan fingerprint density at radius 3 is 2.18 bits per heavy atom. The highest BCUT2D eigenvalue weighted by molar-refractivity contribution is 6.76. The molecule has 0 spiro atoms. The van der Waals surface area contributed by atoms with E-state index in [-0.39, 0.29) is 24.8 Å². The molecule has 1 aliphatic rings. The highest BCUT2D eigenvalue weighted by Gasteiger charge is 2.38. The fraction of sp³-hybridized carbons (Fsp3) is 0.696. The molecule has 0 unspecified atom stereocenters. The third-order valence-electron chi connectivity index (χ3n) is 6.30. The summed E-state index contributed by atoms with van der Waals surface area (Å²) in [5.74, 6) is -1.13. The van der Waals surface area contributed by atoms with Crippen molar-refractivity contribution in [2.24, 2.45) is 5.92 Å². The maximum Gasteiger partial charge on any atom is 0.416 e. The third-order valence-corrected chi connectivity index (χ3v) is 8.08. The minimum Gasteiger partial charge on any atom is -0.481 e. The largest absolute Gasteiger partial charge is 0.481 e. The highest BCUT2D eigenvalue weighted by atomic mass is 28.3. The zero-order chi connectivity index (χ0) is 25.0. The van der Waals surface area contributed by atoms with E-state index >= 15 is 0 Å². The van der Waals surface area contributed by atoms with Crippen molar-refractivity contribution < 1.29 is 36.2 Å². The number of benzene rings is 1. The van der Waals surface area contributed by atoms with Crippen LogP contribution in [0.2, 0.25) is 25.7 Å². The van der Waals surface area contributed by atoms with Gasteiger partial charge >= 0.3 is 18.3 Å². The number of aliphatic carboxylic acids is 1. The van der Waals surface area contributed by atoms with Crippen LogP contribution in [0.5, 0.6) is 0 Å². The van der Waals surface area contributed by atoms with Crippen LogP contribution < -0.4 is 0 Å². The van der Waals surface area contributed by atoms with Gasteiger partial charge in [0.15, 0.2) is 0 Å². The Morgan fingerprint density at radius 1 is 1.09 bits per heavy atom. The second kappa shape index (κ2) is 10.8. The van der Waals surface area contributed by atoms with Crippen LogP contribution in [0.25, 0.3) is 0 Å². The van der Waals surface area contributed by atoms with Crippen molar-refractivity contribution in [3.63, 3.8) is 0 Å². The lowest BCUT2D eigenvalue weighted by molar-refractivity contribution is -0.141. The average molecular weight is 498 g/mol. The molecule has 0 aromatic heterocycles. The molecule has 10 heteroatoms. The third kappa shape index (κ3) is 9.31. The van der Waals surface area contributed by atoms with Crippen molar-refractivity contribution in [1.82, 2.24) is 4.90 Å². The molecule has 0 bridgehead atoms. The van der Waals surface area contributed by atoms with Crippen molar-refractivity contribution >= 4 is 14.0 Å². The summed E-state index contributed by atoms with van der Waals surface area (Å²) in [4.78, 5) is 13.2. The van der Waals surface area contributed by atoms with E-state index < -0.39 is 44.4 Å². The zero-order valence-corrected chi connectivity index (χ0v) is 20.3. The van der Waals surface area contributed by atoms with Gasteiger partial charge in [0.25, 0.3) is 0 Å². The number of piperidine rings is 1. The van der Waals surface area contributed by atoms with Crippen LogP contribution in [0.4, 0.5) is 26.3 Å². The molecule has 0 aliphatic carbocycles. The Hall–Kier alpha value is -1.55. The van der Waals surface area contributed by atoms with Crippen LogP contribution in [0.1, 0.15) is 55.7 Å². The van der Waals surface area contributed by atoms with E-state index in [0.717, 1.165) is 18.2 Å². The van der Waals surface area contributed by atoms with Gasteiger partial charge < -0.3 is 5.11 Å². The molecular formula is C23H33F6NO2Si. The fourth-order valence-electron chi connectivity index (χ4n) is 4.55. The minimum atomic E-state index is -4.48. The Kier molecular flexibility index (Phi) is 9.06. The van der Waals surface area contributed by atoms with E-state index in [0.29, 0.717) is 31.4 Å². The van der Waals surface area contributed by atoms with E-state index in [9.17, 15) is 36.2 Å². The number of hydrogen-bond acceptors (Lipinski definition) is 2. The van der Waals surface area contributed by atoms with Gasteiger partial charge in [0.1, 0.15) is 0 Å². The number of rotatable bonds is 9. The molecule has 1 saturated heterocycles. The van der Waals surface area contributed by atoms with Crippen LogP contribution in [0, 0.1) is 5.92 Å². The summed E-state index contributed by atoms with van der Waals surface area (Å²) in [6.45, 7) is 6.89. The van der Waals surface area contributed by atoms with Gasteiger partial charge in [-0.2, -0.15) is 26.3 Å². The Morgan fingerprint density at radius 2 is 1.70 bits per heavy atom. The molecule has 1 heterocycles. The van der Waals surface area contributed by atoms with E-state index in [1.165, 1.54) is 12.1 Å². The molecule has 0 amide bonds. The zero-order valence-electron chi connectivity index (χ0n) is 19.3. The monoisotopic (exact) mass is 497 g/mol. The standard InChI is InChI=1S/C23H33F6NO2Si/c1-33(2,3)13-10-19(8-11-22(24,25)26)30-12-9-16(15-21(31)32)14-20(30)17-4-6-18(7-5-17)23(27,28)29/h4-7,16,19-20H,8-15H2,1-3H3,(H,31,32)/t16-,19+,20+/m1/s1. The van der Waals surface area contributed by atoms with Gasteiger partial charge in [-0.05, 0) is 55.8 Å². The van der Waals surface area contributed by atoms with Gasteiger partial charge in [-0.3, -0.25) is 9.69 Å². The van der Waals surface area contributed by atoms with E-state index in [4.69, 9.17) is 0 Å². The van der Waals surface area contributed by atoms with Gasteiger partial charge in [-0.1, -0.05) is 37.8 Å². The number of halogens is 6. The van der Waals surface area contributed by atoms with Crippen molar-refractivity contribution in [3.05, 3.63) is 35.4 Å². The molecule has 3 nitrogen and oxygen atoms in total. The summed E-state index contributed by atoms with van der Waals surface area (Å²) < 4.78 is 78.2. The molecule has 1 fully saturated rings. The van der Waals surface area contributed by atoms with E-state index in [1.54, 1.807) is 0 Å². The summed E-state index contributed by atoms with van der Waals surface area (Å²) in [6, 6.07) is 4.79. The number of carbonyl (C=O) groups is 1. The Bertz CT molecular complexity index is 755. The number of carboxylic acid groups (broad SMARTS) is 1. The van der Waals surface area contributed by atoms with Crippen LogP contribution in [-0.4, -0.2) is 42.8 Å². The summed E-state index contributed by atoms with van der Waals surface area (Å²) in [6.07, 6.45) is -8.30. The predicted molar refractivity (Wildman–Crippen MR) is 118 cm³/mol. The number of carboxylic acids is 1. The first-order chi connectivity index (χ1) is 15.0. The summed E-state index contributed by atoms with van der Waals surface area (Å²) in [7, 11) is -1.53. The second-order valence-corrected chi connectivity index (χ2v) is 15.9. The Balaban J connectivity index is 2.35. The molecule has 1 N–H and O–H groups in total. The number of hydrogen-bond donors (Lipinski definition) is 1. The van der Waals surface area contributed by atoms with Gasteiger partial charge in [0, 0.05) is 33.0 Å².